The van der Waals surface area contributed by atoms with Gasteiger partial charge in [0.15, 0.2) is 11.5 Å². The summed E-state index contributed by atoms with van der Waals surface area (Å²) in [6, 6.07) is 12.7. The van der Waals surface area contributed by atoms with Gasteiger partial charge in [0.05, 0.1) is 6.54 Å². The molecular formula is C20H19N5O4S. The van der Waals surface area contributed by atoms with Gasteiger partial charge < -0.3 is 25.4 Å². The van der Waals surface area contributed by atoms with Gasteiger partial charge >= 0.3 is 6.03 Å². The van der Waals surface area contributed by atoms with Crippen LogP contribution in [0.2, 0.25) is 0 Å². The molecule has 2 heterocycles. The molecule has 0 saturated heterocycles. The Morgan fingerprint density at radius 3 is 2.60 bits per heavy atom. The summed E-state index contributed by atoms with van der Waals surface area (Å²) in [5, 5.41) is 16.8. The van der Waals surface area contributed by atoms with Crippen LogP contribution in [0.1, 0.15) is 25.9 Å². The number of hydrogen-bond donors (Lipinski definition) is 3. The summed E-state index contributed by atoms with van der Waals surface area (Å²) in [5.41, 5.74) is 2.74. The second-order valence-corrected chi connectivity index (χ2v) is 7.61. The monoisotopic (exact) mass is 425 g/mol. The highest BCUT2D eigenvalue weighted by atomic mass is 32.1. The molecule has 9 nitrogen and oxygen atoms in total. The zero-order valence-corrected chi connectivity index (χ0v) is 16.9. The standard InChI is InChI=1S/C20H19N5O4S/c1-12-2-4-13(5-3-12)9-21-20(27)22-10-17-24-25-19(30-17)18(26)23-14-6-7-15-16(8-14)29-11-28-15/h2-8H,9-11H2,1H3,(H,23,26)(H2,21,22,27). The number of anilines is 1. The van der Waals surface area contributed by atoms with Gasteiger partial charge in [0, 0.05) is 18.3 Å². The highest BCUT2D eigenvalue weighted by Crippen LogP contribution is 2.34. The molecule has 154 valence electrons. The molecule has 0 unspecified atom stereocenters. The van der Waals surface area contributed by atoms with Gasteiger partial charge in [-0.1, -0.05) is 41.2 Å². The van der Waals surface area contributed by atoms with Gasteiger partial charge in [0.25, 0.3) is 5.91 Å². The van der Waals surface area contributed by atoms with Crippen LogP contribution in [0.15, 0.2) is 42.5 Å². The molecule has 0 atom stereocenters. The first-order chi connectivity index (χ1) is 14.6. The number of fused-ring (bicyclic) bond motifs is 1. The summed E-state index contributed by atoms with van der Waals surface area (Å²) in [7, 11) is 0. The maximum atomic E-state index is 12.4. The van der Waals surface area contributed by atoms with Crippen LogP contribution >= 0.6 is 11.3 Å². The van der Waals surface area contributed by atoms with Crippen molar-refractivity contribution in [2.75, 3.05) is 12.1 Å². The van der Waals surface area contributed by atoms with Crippen molar-refractivity contribution in [1.82, 2.24) is 20.8 Å². The topological polar surface area (TPSA) is 114 Å². The molecule has 1 aromatic heterocycles. The molecule has 10 heteroatoms. The summed E-state index contributed by atoms with van der Waals surface area (Å²) in [6.45, 7) is 2.77. The van der Waals surface area contributed by atoms with Crippen molar-refractivity contribution in [1.29, 1.82) is 0 Å². The van der Waals surface area contributed by atoms with Gasteiger partial charge in [-0.05, 0) is 24.6 Å². The average Bonchev–Trinajstić information content (AvgIpc) is 3.41. The molecule has 0 bridgehead atoms. The van der Waals surface area contributed by atoms with Gasteiger partial charge in [-0.15, -0.1) is 10.2 Å². The first-order valence-corrected chi connectivity index (χ1v) is 9.99. The molecule has 0 fully saturated rings. The number of rotatable bonds is 6. The third-order valence-electron chi connectivity index (χ3n) is 4.27. The van der Waals surface area contributed by atoms with E-state index >= 15 is 0 Å². The number of carbonyl (C=O) groups excluding carboxylic acids is 2. The minimum Gasteiger partial charge on any atom is -0.454 e. The van der Waals surface area contributed by atoms with E-state index in [-0.39, 0.29) is 30.3 Å². The first-order valence-electron chi connectivity index (χ1n) is 9.17. The number of amides is 3. The van der Waals surface area contributed by atoms with E-state index < -0.39 is 0 Å². The second kappa shape index (κ2) is 8.78. The van der Waals surface area contributed by atoms with Crippen molar-refractivity contribution in [3.8, 4) is 11.5 Å². The Morgan fingerprint density at radius 2 is 1.77 bits per heavy atom. The second-order valence-electron chi connectivity index (χ2n) is 6.54. The molecular weight excluding hydrogens is 406 g/mol. The van der Waals surface area contributed by atoms with E-state index in [0.717, 1.165) is 22.5 Å². The number of benzene rings is 2. The van der Waals surface area contributed by atoms with Gasteiger partial charge in [-0.2, -0.15) is 0 Å². The Hall–Kier alpha value is -3.66. The maximum absolute atomic E-state index is 12.4. The van der Waals surface area contributed by atoms with Crippen LogP contribution in [0.5, 0.6) is 11.5 Å². The number of ether oxygens (including phenoxy) is 2. The largest absolute Gasteiger partial charge is 0.454 e. The molecule has 30 heavy (non-hydrogen) atoms. The number of hydrogen-bond acceptors (Lipinski definition) is 7. The number of urea groups is 1. The van der Waals surface area contributed by atoms with Gasteiger partial charge in [-0.25, -0.2) is 4.79 Å². The molecule has 3 N–H and O–H groups in total. The van der Waals surface area contributed by atoms with Crippen molar-refractivity contribution in [3.05, 3.63) is 63.6 Å². The normalized spacial score (nSPS) is 11.8. The van der Waals surface area contributed by atoms with Crippen LogP contribution in [0.4, 0.5) is 10.5 Å². The van der Waals surface area contributed by atoms with Crippen LogP contribution in [-0.2, 0) is 13.1 Å². The maximum Gasteiger partial charge on any atom is 0.315 e. The van der Waals surface area contributed by atoms with Crippen LogP contribution in [0.3, 0.4) is 0 Å². The lowest BCUT2D eigenvalue weighted by Gasteiger charge is -2.06. The third-order valence-corrected chi connectivity index (χ3v) is 5.19. The summed E-state index contributed by atoms with van der Waals surface area (Å²) in [4.78, 5) is 24.3. The summed E-state index contributed by atoms with van der Waals surface area (Å²) in [6.07, 6.45) is 0. The quantitative estimate of drug-likeness (QED) is 0.560. The molecule has 0 spiro atoms. The van der Waals surface area contributed by atoms with E-state index in [1.165, 1.54) is 0 Å². The van der Waals surface area contributed by atoms with Gasteiger partial charge in [-0.3, -0.25) is 4.79 Å². The Balaban J connectivity index is 1.25. The Bertz CT molecular complexity index is 1070. The molecule has 2 aromatic carbocycles. The Labute approximate surface area is 176 Å². The van der Waals surface area contributed by atoms with E-state index in [0.29, 0.717) is 28.7 Å². The third kappa shape index (κ3) is 4.84. The van der Waals surface area contributed by atoms with Crippen molar-refractivity contribution in [3.63, 3.8) is 0 Å². The van der Waals surface area contributed by atoms with E-state index in [9.17, 15) is 9.59 Å². The van der Waals surface area contributed by atoms with Crippen molar-refractivity contribution >= 4 is 29.0 Å². The fourth-order valence-electron chi connectivity index (χ4n) is 2.68. The zero-order chi connectivity index (χ0) is 20.9. The molecule has 4 rings (SSSR count). The lowest BCUT2D eigenvalue weighted by molar-refractivity contribution is 0.102. The lowest BCUT2D eigenvalue weighted by Crippen LogP contribution is -2.34. The van der Waals surface area contributed by atoms with E-state index in [1.807, 2.05) is 31.2 Å². The minimum atomic E-state index is -0.388. The Morgan fingerprint density at radius 1 is 1.00 bits per heavy atom. The predicted molar refractivity (Wildman–Crippen MR) is 111 cm³/mol. The van der Waals surface area contributed by atoms with Crippen molar-refractivity contribution in [2.24, 2.45) is 0 Å². The summed E-state index contributed by atoms with van der Waals surface area (Å²) in [5.74, 6) is 0.825. The van der Waals surface area contributed by atoms with Gasteiger partial charge in [0.2, 0.25) is 11.8 Å². The lowest BCUT2D eigenvalue weighted by atomic mass is 10.1. The van der Waals surface area contributed by atoms with Crippen LogP contribution in [-0.4, -0.2) is 28.9 Å². The van der Waals surface area contributed by atoms with Gasteiger partial charge in [0.1, 0.15) is 5.01 Å². The van der Waals surface area contributed by atoms with Crippen molar-refractivity contribution < 1.29 is 19.1 Å². The van der Waals surface area contributed by atoms with Crippen molar-refractivity contribution in [2.45, 2.75) is 20.0 Å². The van der Waals surface area contributed by atoms with Crippen LogP contribution in [0.25, 0.3) is 0 Å². The Kier molecular flexibility index (Phi) is 5.75. The van der Waals surface area contributed by atoms with E-state index in [2.05, 4.69) is 26.1 Å². The molecule has 0 saturated carbocycles. The van der Waals surface area contributed by atoms with E-state index in [1.54, 1.807) is 18.2 Å². The molecule has 1 aliphatic rings. The highest BCUT2D eigenvalue weighted by molar-refractivity contribution is 7.13. The average molecular weight is 425 g/mol. The fourth-order valence-corrected chi connectivity index (χ4v) is 3.36. The molecule has 0 radical (unpaired) electrons. The number of aromatic nitrogens is 2. The number of aryl methyl sites for hydroxylation is 1. The zero-order valence-electron chi connectivity index (χ0n) is 16.1. The molecule has 3 aromatic rings. The summed E-state index contributed by atoms with van der Waals surface area (Å²) < 4.78 is 10.5. The van der Waals surface area contributed by atoms with Crippen LogP contribution in [0, 0.1) is 6.92 Å². The molecule has 1 aliphatic heterocycles. The summed E-state index contributed by atoms with van der Waals surface area (Å²) >= 11 is 1.11. The SMILES string of the molecule is Cc1ccc(CNC(=O)NCc2nnc(C(=O)Nc3ccc4c(c3)OCO4)s2)cc1. The fraction of sp³-hybridized carbons (Fsp3) is 0.200. The number of carbonyl (C=O) groups is 2. The first kappa shape index (κ1) is 19.6. The highest BCUT2D eigenvalue weighted by Gasteiger charge is 2.17. The molecule has 3 amide bonds. The molecule has 0 aliphatic carbocycles. The predicted octanol–water partition coefficient (Wildman–Crippen LogP) is 2.83. The van der Waals surface area contributed by atoms with Crippen LogP contribution < -0.4 is 25.4 Å². The number of nitrogens with zero attached hydrogens (tertiary/aromatic N) is 2. The minimum absolute atomic E-state index is 0.165. The smallest absolute Gasteiger partial charge is 0.315 e. The number of nitrogens with one attached hydrogen (secondary N) is 3. The van der Waals surface area contributed by atoms with E-state index in [4.69, 9.17) is 9.47 Å².